The predicted molar refractivity (Wildman–Crippen MR) is 118 cm³/mol. The van der Waals surface area contributed by atoms with Crippen LogP contribution in [0.25, 0.3) is 0 Å². The number of carbonyl (C=O) groups excluding carboxylic acids is 1. The number of H-pyrrole nitrogens is 1. The zero-order valence-corrected chi connectivity index (χ0v) is 18.4. The molecule has 1 aromatic carbocycles. The molecule has 0 atom stereocenters. The van der Waals surface area contributed by atoms with E-state index in [2.05, 4.69) is 20.3 Å². The Hall–Kier alpha value is -2.89. The minimum atomic E-state index is -3.61. The number of aryl methyl sites for hydroxylation is 1. The molecular formula is C20H21N5O4S2. The van der Waals surface area contributed by atoms with E-state index in [1.807, 2.05) is 6.92 Å². The molecule has 0 spiro atoms. The van der Waals surface area contributed by atoms with Crippen LogP contribution in [-0.4, -0.2) is 58.2 Å². The molecule has 1 saturated heterocycles. The molecule has 3 aromatic rings. The second kappa shape index (κ2) is 9.08. The van der Waals surface area contributed by atoms with Crippen molar-refractivity contribution in [2.75, 3.05) is 29.9 Å². The van der Waals surface area contributed by atoms with Crippen molar-refractivity contribution in [1.82, 2.24) is 19.3 Å². The fourth-order valence-electron chi connectivity index (χ4n) is 3.06. The first-order valence-corrected chi connectivity index (χ1v) is 12.2. The Morgan fingerprint density at radius 3 is 2.65 bits per heavy atom. The summed E-state index contributed by atoms with van der Waals surface area (Å²) in [7, 11) is -3.61. The largest absolute Gasteiger partial charge is 0.424 e. The number of hydrogen-bond donors (Lipinski definition) is 2. The highest BCUT2D eigenvalue weighted by Crippen LogP contribution is 2.25. The number of nitrogens with one attached hydrogen (secondary N) is 2. The van der Waals surface area contributed by atoms with Crippen molar-refractivity contribution < 1.29 is 17.9 Å². The van der Waals surface area contributed by atoms with Gasteiger partial charge in [0.2, 0.25) is 10.0 Å². The summed E-state index contributed by atoms with van der Waals surface area (Å²) >= 11 is 1.73. The molecule has 0 unspecified atom stereocenters. The van der Waals surface area contributed by atoms with Crippen molar-refractivity contribution in [3.63, 3.8) is 0 Å². The summed E-state index contributed by atoms with van der Waals surface area (Å²) in [5, 5.41) is 2.79. The number of amides is 1. The summed E-state index contributed by atoms with van der Waals surface area (Å²) in [4.78, 5) is 23.5. The Labute approximate surface area is 184 Å². The Bertz CT molecular complexity index is 1180. The van der Waals surface area contributed by atoms with Gasteiger partial charge in [0.1, 0.15) is 16.3 Å². The maximum Gasteiger partial charge on any atom is 0.321 e. The zero-order chi connectivity index (χ0) is 21.8. The van der Waals surface area contributed by atoms with Gasteiger partial charge >= 0.3 is 6.01 Å². The summed E-state index contributed by atoms with van der Waals surface area (Å²) in [6, 6.07) is 8.44. The highest BCUT2D eigenvalue weighted by atomic mass is 32.2. The first kappa shape index (κ1) is 21.3. The molecule has 0 saturated carbocycles. The number of benzene rings is 1. The predicted octanol–water partition coefficient (Wildman–Crippen LogP) is 2.90. The van der Waals surface area contributed by atoms with Gasteiger partial charge in [0, 0.05) is 48.9 Å². The van der Waals surface area contributed by atoms with Gasteiger partial charge in [-0.15, -0.1) is 0 Å². The van der Waals surface area contributed by atoms with Gasteiger partial charge in [-0.05, 0) is 42.8 Å². The van der Waals surface area contributed by atoms with Crippen LogP contribution in [0.15, 0.2) is 53.8 Å². The van der Waals surface area contributed by atoms with Crippen LogP contribution < -0.4 is 10.1 Å². The first-order chi connectivity index (χ1) is 14.9. The van der Waals surface area contributed by atoms with E-state index in [-0.39, 0.29) is 16.6 Å². The van der Waals surface area contributed by atoms with Gasteiger partial charge < -0.3 is 15.0 Å². The van der Waals surface area contributed by atoms with E-state index in [0.29, 0.717) is 24.5 Å². The number of anilines is 1. The molecule has 1 aliphatic rings. The molecule has 0 radical (unpaired) electrons. The van der Waals surface area contributed by atoms with Crippen LogP contribution in [0, 0.1) is 6.92 Å². The number of hydrogen-bond acceptors (Lipinski definition) is 7. The lowest BCUT2D eigenvalue weighted by Gasteiger charge is -2.24. The third kappa shape index (κ3) is 4.89. The highest BCUT2D eigenvalue weighted by molar-refractivity contribution is 7.99. The van der Waals surface area contributed by atoms with E-state index < -0.39 is 15.9 Å². The molecule has 31 heavy (non-hydrogen) atoms. The summed E-state index contributed by atoms with van der Waals surface area (Å²) in [6.07, 6.45) is 4.52. The van der Waals surface area contributed by atoms with Gasteiger partial charge in [0.05, 0.1) is 0 Å². The minimum Gasteiger partial charge on any atom is -0.424 e. The van der Waals surface area contributed by atoms with Crippen molar-refractivity contribution in [3.8, 4) is 11.8 Å². The van der Waals surface area contributed by atoms with Gasteiger partial charge in [-0.1, -0.05) is 0 Å². The van der Waals surface area contributed by atoms with Crippen molar-refractivity contribution >= 4 is 33.4 Å². The number of thioether (sulfide) groups is 1. The number of rotatable bonds is 6. The second-order valence-corrected chi connectivity index (χ2v) is 9.99. The third-order valence-electron chi connectivity index (χ3n) is 4.71. The Balaban J connectivity index is 1.45. The van der Waals surface area contributed by atoms with Crippen LogP contribution in [-0.2, 0) is 10.0 Å². The van der Waals surface area contributed by atoms with E-state index in [4.69, 9.17) is 4.74 Å². The van der Waals surface area contributed by atoms with Crippen molar-refractivity contribution in [3.05, 3.63) is 60.2 Å². The molecule has 11 heteroatoms. The zero-order valence-electron chi connectivity index (χ0n) is 16.7. The molecule has 2 N–H and O–H groups in total. The second-order valence-electron chi connectivity index (χ2n) is 6.83. The number of aromatic amines is 1. The third-order valence-corrected chi connectivity index (χ3v) is 7.53. The van der Waals surface area contributed by atoms with E-state index in [9.17, 15) is 13.2 Å². The maximum absolute atomic E-state index is 12.8. The highest BCUT2D eigenvalue weighted by Gasteiger charge is 2.27. The Kier molecular flexibility index (Phi) is 6.25. The minimum absolute atomic E-state index is 0.0906. The molecule has 9 nitrogen and oxygen atoms in total. The fraction of sp³-hybridized carbons (Fsp3) is 0.250. The number of carbonyl (C=O) groups is 1. The molecule has 1 fully saturated rings. The van der Waals surface area contributed by atoms with Gasteiger partial charge in [0.25, 0.3) is 5.91 Å². The van der Waals surface area contributed by atoms with Crippen LogP contribution in [0.3, 0.4) is 0 Å². The molecule has 0 bridgehead atoms. The molecule has 1 amide bonds. The van der Waals surface area contributed by atoms with Crippen molar-refractivity contribution in [2.24, 2.45) is 0 Å². The average molecular weight is 460 g/mol. The molecule has 4 rings (SSSR count). The quantitative estimate of drug-likeness (QED) is 0.582. The Morgan fingerprint density at radius 1 is 1.19 bits per heavy atom. The lowest BCUT2D eigenvalue weighted by Crippen LogP contribution is -2.37. The molecule has 2 aromatic heterocycles. The fourth-order valence-corrected chi connectivity index (χ4v) is 5.63. The molecule has 0 aliphatic carbocycles. The van der Waals surface area contributed by atoms with Gasteiger partial charge in [0.15, 0.2) is 0 Å². The molecule has 162 valence electrons. The van der Waals surface area contributed by atoms with Gasteiger partial charge in [-0.25, -0.2) is 18.4 Å². The number of nitrogens with zero attached hydrogens (tertiary/aromatic N) is 3. The first-order valence-electron chi connectivity index (χ1n) is 9.57. The van der Waals surface area contributed by atoms with Crippen molar-refractivity contribution in [1.29, 1.82) is 0 Å². The summed E-state index contributed by atoms with van der Waals surface area (Å²) in [5.41, 5.74) is 1.52. The topological polar surface area (TPSA) is 117 Å². The van der Waals surface area contributed by atoms with Crippen molar-refractivity contribution in [2.45, 2.75) is 11.8 Å². The average Bonchev–Trinajstić information content (AvgIpc) is 3.28. The smallest absolute Gasteiger partial charge is 0.321 e. The van der Waals surface area contributed by atoms with E-state index in [1.54, 1.807) is 48.4 Å². The van der Waals surface area contributed by atoms with Crippen LogP contribution in [0.2, 0.25) is 0 Å². The van der Waals surface area contributed by atoms with Gasteiger partial charge in [-0.2, -0.15) is 16.1 Å². The maximum atomic E-state index is 12.8. The van der Waals surface area contributed by atoms with Crippen LogP contribution in [0.5, 0.6) is 11.8 Å². The summed E-state index contributed by atoms with van der Waals surface area (Å²) in [6.45, 7) is 2.77. The van der Waals surface area contributed by atoms with E-state index >= 15 is 0 Å². The van der Waals surface area contributed by atoms with Crippen LogP contribution >= 0.6 is 11.8 Å². The lowest BCUT2D eigenvalue weighted by atomic mass is 10.2. The molecule has 1 aliphatic heterocycles. The normalized spacial score (nSPS) is 14.9. The summed E-state index contributed by atoms with van der Waals surface area (Å²) < 4.78 is 32.6. The number of ether oxygens (including phenoxy) is 1. The van der Waals surface area contributed by atoms with E-state index in [1.165, 1.54) is 16.6 Å². The summed E-state index contributed by atoms with van der Waals surface area (Å²) in [5.74, 6) is 1.65. The van der Waals surface area contributed by atoms with Crippen LogP contribution in [0.1, 0.15) is 16.1 Å². The Morgan fingerprint density at radius 2 is 1.94 bits per heavy atom. The lowest BCUT2D eigenvalue weighted by molar-refractivity contribution is 0.102. The van der Waals surface area contributed by atoms with E-state index in [0.717, 1.165) is 17.1 Å². The number of aromatic nitrogens is 3. The number of sulfonamides is 1. The monoisotopic (exact) mass is 459 g/mol. The molecule has 3 heterocycles. The molecular weight excluding hydrogens is 438 g/mol. The standard InChI is InChI=1S/C20H21N5O4S2/c1-14-11-15(29-20-21-5-2-6-22-20)3-4-17(14)24-19(26)18-12-16(13-23-18)31(27,28)25-7-9-30-10-8-25/h2-6,11-13,23H,7-10H2,1H3,(H,24,26). The SMILES string of the molecule is Cc1cc(Oc2ncccn2)ccc1NC(=O)c1cc(S(=O)(=O)N2CCSCC2)c[nH]1. The van der Waals surface area contributed by atoms with Gasteiger partial charge in [-0.3, -0.25) is 4.79 Å². The van der Waals surface area contributed by atoms with Crippen LogP contribution in [0.4, 0.5) is 5.69 Å².